The van der Waals surface area contributed by atoms with Gasteiger partial charge >= 0.3 is 0 Å². The van der Waals surface area contributed by atoms with E-state index < -0.39 is 5.41 Å². The molecule has 0 radical (unpaired) electrons. The molecule has 2 aliphatic rings. The predicted octanol–water partition coefficient (Wildman–Crippen LogP) is 4.50. The van der Waals surface area contributed by atoms with Crippen LogP contribution in [-0.4, -0.2) is 29.8 Å². The van der Waals surface area contributed by atoms with Crippen molar-refractivity contribution in [3.63, 3.8) is 0 Å². The van der Waals surface area contributed by atoms with Gasteiger partial charge in [-0.3, -0.25) is 9.59 Å². The van der Waals surface area contributed by atoms with Crippen molar-refractivity contribution in [1.29, 1.82) is 0 Å². The molecule has 4 nitrogen and oxygen atoms in total. The summed E-state index contributed by atoms with van der Waals surface area (Å²) in [5.74, 6) is 0.497. The summed E-state index contributed by atoms with van der Waals surface area (Å²) in [5, 5.41) is 3.00. The van der Waals surface area contributed by atoms with Crippen molar-refractivity contribution in [3.8, 4) is 0 Å². The van der Waals surface area contributed by atoms with Gasteiger partial charge in [-0.25, -0.2) is 0 Å². The van der Waals surface area contributed by atoms with E-state index in [2.05, 4.69) is 35.6 Å². The number of rotatable bonds is 5. The minimum absolute atomic E-state index is 0.0255. The molecule has 0 unspecified atom stereocenters. The lowest BCUT2D eigenvalue weighted by Crippen LogP contribution is -2.46. The smallest absolute Gasteiger partial charge is 0.240 e. The lowest BCUT2D eigenvalue weighted by atomic mass is 9.89. The summed E-state index contributed by atoms with van der Waals surface area (Å²) in [4.78, 5) is 28.1. The van der Waals surface area contributed by atoms with Crippen molar-refractivity contribution in [3.05, 3.63) is 65.2 Å². The number of aryl methyl sites for hydroxylation is 2. The first-order chi connectivity index (χ1) is 14.0. The van der Waals surface area contributed by atoms with Crippen LogP contribution in [0.2, 0.25) is 0 Å². The van der Waals surface area contributed by atoms with Crippen LogP contribution in [0, 0.1) is 25.2 Å². The maximum Gasteiger partial charge on any atom is 0.240 e. The quantitative estimate of drug-likeness (QED) is 0.764. The van der Waals surface area contributed by atoms with E-state index in [1.54, 1.807) is 0 Å². The van der Waals surface area contributed by atoms with Gasteiger partial charge in [0.2, 0.25) is 11.8 Å². The Morgan fingerprint density at radius 3 is 2.21 bits per heavy atom. The Morgan fingerprint density at radius 2 is 1.62 bits per heavy atom. The zero-order valence-electron chi connectivity index (χ0n) is 17.4. The molecule has 2 aromatic carbocycles. The Kier molecular flexibility index (Phi) is 5.44. The Hall–Kier alpha value is -2.62. The third-order valence-corrected chi connectivity index (χ3v) is 6.34. The maximum absolute atomic E-state index is 13.2. The van der Waals surface area contributed by atoms with Crippen molar-refractivity contribution in [2.45, 2.75) is 46.0 Å². The molecule has 2 fully saturated rings. The molecular weight excluding hydrogens is 360 g/mol. The van der Waals surface area contributed by atoms with Crippen molar-refractivity contribution in [2.24, 2.45) is 11.3 Å². The molecule has 1 saturated heterocycles. The van der Waals surface area contributed by atoms with E-state index in [1.807, 2.05) is 36.9 Å². The number of anilines is 1. The monoisotopic (exact) mass is 390 g/mol. The third kappa shape index (κ3) is 4.36. The third-order valence-electron chi connectivity index (χ3n) is 6.34. The van der Waals surface area contributed by atoms with Crippen LogP contribution in [0.25, 0.3) is 0 Å². The summed E-state index contributed by atoms with van der Waals surface area (Å²) in [7, 11) is 0. The lowest BCUT2D eigenvalue weighted by Gasteiger charge is -2.34. The van der Waals surface area contributed by atoms with E-state index in [4.69, 9.17) is 0 Å². The van der Waals surface area contributed by atoms with Crippen LogP contribution in [0.15, 0.2) is 48.5 Å². The molecule has 2 amide bonds. The number of amides is 2. The van der Waals surface area contributed by atoms with Gasteiger partial charge in [-0.1, -0.05) is 36.4 Å². The second-order valence-electron chi connectivity index (χ2n) is 8.84. The summed E-state index contributed by atoms with van der Waals surface area (Å²) >= 11 is 0. The van der Waals surface area contributed by atoms with Crippen molar-refractivity contribution < 1.29 is 9.59 Å². The second-order valence-corrected chi connectivity index (χ2v) is 8.84. The van der Waals surface area contributed by atoms with Crippen LogP contribution >= 0.6 is 0 Å². The number of carbonyl (C=O) groups is 2. The molecule has 2 aromatic rings. The van der Waals surface area contributed by atoms with Gasteiger partial charge in [-0.05, 0) is 80.7 Å². The first-order valence-electron chi connectivity index (χ1n) is 10.7. The van der Waals surface area contributed by atoms with Crippen molar-refractivity contribution in [1.82, 2.24) is 4.90 Å². The number of carbonyl (C=O) groups excluding carboxylic acids is 2. The van der Waals surface area contributed by atoms with E-state index in [1.165, 1.54) is 5.56 Å². The molecule has 29 heavy (non-hydrogen) atoms. The number of nitrogens with zero attached hydrogens (tertiary/aromatic N) is 1. The van der Waals surface area contributed by atoms with Crippen LogP contribution < -0.4 is 5.32 Å². The summed E-state index contributed by atoms with van der Waals surface area (Å²) in [6.45, 7) is 5.55. The summed E-state index contributed by atoms with van der Waals surface area (Å²) < 4.78 is 0. The van der Waals surface area contributed by atoms with Gasteiger partial charge in [-0.2, -0.15) is 0 Å². The summed E-state index contributed by atoms with van der Waals surface area (Å²) in [6, 6.07) is 16.6. The first kappa shape index (κ1) is 19.7. The molecule has 1 aliphatic carbocycles. The Balaban J connectivity index is 1.35. The fourth-order valence-corrected chi connectivity index (χ4v) is 4.55. The highest BCUT2D eigenvalue weighted by Crippen LogP contribution is 2.48. The highest BCUT2D eigenvalue weighted by Gasteiger charge is 2.58. The molecule has 1 heterocycles. The molecule has 152 valence electrons. The highest BCUT2D eigenvalue weighted by atomic mass is 16.2. The Morgan fingerprint density at radius 1 is 1.00 bits per heavy atom. The molecule has 0 aromatic heterocycles. The molecule has 1 N–H and O–H groups in total. The van der Waals surface area contributed by atoms with Crippen LogP contribution in [0.4, 0.5) is 5.69 Å². The number of benzene rings is 2. The molecule has 0 spiro atoms. The standard InChI is InChI=1S/C25H30N2O2/c1-18-14-19(2)16-22(15-18)26-23(28)25(10-11-25)24(29)27-12-8-21(9-13-27)17-20-6-4-3-5-7-20/h3-7,14-16,21H,8-13,17H2,1-2H3,(H,26,28). The number of hydrogen-bond acceptors (Lipinski definition) is 2. The topological polar surface area (TPSA) is 49.4 Å². The van der Waals surface area contributed by atoms with Gasteiger partial charge in [-0.15, -0.1) is 0 Å². The van der Waals surface area contributed by atoms with Gasteiger partial charge in [0, 0.05) is 18.8 Å². The highest BCUT2D eigenvalue weighted by molar-refractivity contribution is 6.13. The molecule has 1 saturated carbocycles. The van der Waals surface area contributed by atoms with Gasteiger partial charge in [0.25, 0.3) is 0 Å². The Bertz CT molecular complexity index is 874. The lowest BCUT2D eigenvalue weighted by molar-refractivity contribution is -0.143. The molecule has 0 bridgehead atoms. The van der Waals surface area contributed by atoms with E-state index in [0.717, 1.165) is 49.2 Å². The average Bonchev–Trinajstić information content (AvgIpc) is 3.50. The van der Waals surface area contributed by atoms with E-state index in [-0.39, 0.29) is 11.8 Å². The van der Waals surface area contributed by atoms with E-state index in [9.17, 15) is 9.59 Å². The molecule has 4 heteroatoms. The SMILES string of the molecule is Cc1cc(C)cc(NC(=O)C2(C(=O)N3CCC(Cc4ccccc4)CC3)CC2)c1. The summed E-state index contributed by atoms with van der Waals surface area (Å²) in [5.41, 5.74) is 3.52. The minimum Gasteiger partial charge on any atom is -0.342 e. The average molecular weight is 391 g/mol. The van der Waals surface area contributed by atoms with Crippen molar-refractivity contribution >= 4 is 17.5 Å². The van der Waals surface area contributed by atoms with Gasteiger partial charge in [0.05, 0.1) is 0 Å². The fourth-order valence-electron chi connectivity index (χ4n) is 4.55. The first-order valence-corrected chi connectivity index (χ1v) is 10.7. The molecule has 4 rings (SSSR count). The van der Waals surface area contributed by atoms with Crippen LogP contribution in [0.1, 0.15) is 42.4 Å². The molecule has 1 aliphatic heterocycles. The zero-order valence-corrected chi connectivity index (χ0v) is 17.4. The predicted molar refractivity (Wildman–Crippen MR) is 116 cm³/mol. The van der Waals surface area contributed by atoms with Crippen LogP contribution in [0.3, 0.4) is 0 Å². The normalized spacial score (nSPS) is 18.3. The van der Waals surface area contributed by atoms with Gasteiger partial charge in [0.15, 0.2) is 0 Å². The van der Waals surface area contributed by atoms with Gasteiger partial charge < -0.3 is 10.2 Å². The Labute approximate surface area is 173 Å². The molecule has 0 atom stereocenters. The number of hydrogen-bond donors (Lipinski definition) is 1. The minimum atomic E-state index is -0.843. The maximum atomic E-state index is 13.2. The molecular formula is C25H30N2O2. The number of nitrogens with one attached hydrogen (secondary N) is 1. The van der Waals surface area contributed by atoms with E-state index >= 15 is 0 Å². The number of piperidine rings is 1. The fraction of sp³-hybridized carbons (Fsp3) is 0.440. The second kappa shape index (κ2) is 8.02. The largest absolute Gasteiger partial charge is 0.342 e. The zero-order chi connectivity index (χ0) is 20.4. The van der Waals surface area contributed by atoms with E-state index in [0.29, 0.717) is 18.8 Å². The summed E-state index contributed by atoms with van der Waals surface area (Å²) in [6.07, 6.45) is 4.41. The van der Waals surface area contributed by atoms with Crippen molar-refractivity contribution in [2.75, 3.05) is 18.4 Å². The van der Waals surface area contributed by atoms with Gasteiger partial charge in [0.1, 0.15) is 5.41 Å². The number of likely N-dealkylation sites (tertiary alicyclic amines) is 1. The van der Waals surface area contributed by atoms with Crippen LogP contribution in [0.5, 0.6) is 0 Å². The van der Waals surface area contributed by atoms with Crippen LogP contribution in [-0.2, 0) is 16.0 Å².